The number of nitriles is 1. The van der Waals surface area contributed by atoms with Crippen LogP contribution in [0.5, 0.6) is 5.75 Å². The van der Waals surface area contributed by atoms with E-state index in [1.165, 1.54) is 0 Å². The first-order valence-corrected chi connectivity index (χ1v) is 5.77. The van der Waals surface area contributed by atoms with E-state index in [1.54, 1.807) is 0 Å². The predicted molar refractivity (Wildman–Crippen MR) is 65.7 cm³/mol. The van der Waals surface area contributed by atoms with Crippen LogP contribution in [0, 0.1) is 25.2 Å². The second-order valence-corrected chi connectivity index (χ2v) is 4.00. The minimum Gasteiger partial charge on any atom is -0.494 e. The Kier molecular flexibility index (Phi) is 4.37. The Bertz CT molecular complexity index is 404. The molecule has 0 aliphatic rings. The van der Waals surface area contributed by atoms with Crippen LogP contribution in [0.2, 0.25) is 0 Å². The van der Waals surface area contributed by atoms with Gasteiger partial charge in [0.1, 0.15) is 5.75 Å². The van der Waals surface area contributed by atoms with Crippen molar-refractivity contribution >= 4 is 0 Å². The second kappa shape index (κ2) is 5.55. The number of ether oxygens (including phenoxy) is 1. The predicted octanol–water partition coefficient (Wildman–Crippen LogP) is 3.72. The number of aryl methyl sites for hydroxylation is 2. The molecule has 0 heterocycles. The molecule has 2 heteroatoms. The van der Waals surface area contributed by atoms with Gasteiger partial charge in [0, 0.05) is 0 Å². The molecule has 1 atom stereocenters. The molecule has 0 aliphatic carbocycles. The summed E-state index contributed by atoms with van der Waals surface area (Å²) in [5.74, 6) is 0.922. The van der Waals surface area contributed by atoms with Gasteiger partial charge in [-0.3, -0.25) is 0 Å². The highest BCUT2D eigenvalue weighted by Crippen LogP contribution is 2.29. The van der Waals surface area contributed by atoms with Gasteiger partial charge in [-0.2, -0.15) is 5.26 Å². The van der Waals surface area contributed by atoms with Crippen molar-refractivity contribution in [3.8, 4) is 11.8 Å². The van der Waals surface area contributed by atoms with Crippen molar-refractivity contribution in [3.63, 3.8) is 0 Å². The molecule has 1 aromatic rings. The first kappa shape index (κ1) is 12.6. The van der Waals surface area contributed by atoms with Gasteiger partial charge in [0.2, 0.25) is 0 Å². The average molecular weight is 217 g/mol. The molecular weight excluding hydrogens is 198 g/mol. The average Bonchev–Trinajstić information content (AvgIpc) is 2.26. The summed E-state index contributed by atoms with van der Waals surface area (Å²) in [4.78, 5) is 0. The Morgan fingerprint density at radius 3 is 2.44 bits per heavy atom. The number of nitrogens with zero attached hydrogens (tertiary/aromatic N) is 1. The van der Waals surface area contributed by atoms with Gasteiger partial charge < -0.3 is 4.74 Å². The van der Waals surface area contributed by atoms with E-state index < -0.39 is 0 Å². The van der Waals surface area contributed by atoms with Crippen LogP contribution in [0.25, 0.3) is 0 Å². The van der Waals surface area contributed by atoms with Crippen molar-refractivity contribution in [2.24, 2.45) is 0 Å². The van der Waals surface area contributed by atoms with E-state index in [9.17, 15) is 0 Å². The molecule has 0 saturated heterocycles. The smallest absolute Gasteiger partial charge is 0.122 e. The fourth-order valence-electron chi connectivity index (χ4n) is 1.88. The molecule has 86 valence electrons. The lowest BCUT2D eigenvalue weighted by Crippen LogP contribution is -2.01. The Labute approximate surface area is 97.9 Å². The monoisotopic (exact) mass is 217 g/mol. The van der Waals surface area contributed by atoms with Crippen molar-refractivity contribution in [1.29, 1.82) is 5.26 Å². The summed E-state index contributed by atoms with van der Waals surface area (Å²) in [7, 11) is 0. The van der Waals surface area contributed by atoms with Gasteiger partial charge in [-0.15, -0.1) is 0 Å². The normalized spacial score (nSPS) is 11.9. The first-order chi connectivity index (χ1) is 7.63. The molecule has 0 N–H and O–H groups in total. The van der Waals surface area contributed by atoms with E-state index in [-0.39, 0.29) is 5.92 Å². The lowest BCUT2D eigenvalue weighted by Gasteiger charge is -2.15. The maximum atomic E-state index is 9.09. The maximum Gasteiger partial charge on any atom is 0.122 e. The van der Waals surface area contributed by atoms with Gasteiger partial charge in [0.05, 0.1) is 18.6 Å². The molecule has 0 fully saturated rings. The van der Waals surface area contributed by atoms with Gasteiger partial charge in [0.25, 0.3) is 0 Å². The van der Waals surface area contributed by atoms with E-state index in [1.807, 2.05) is 33.8 Å². The zero-order chi connectivity index (χ0) is 12.1. The molecule has 0 saturated carbocycles. The van der Waals surface area contributed by atoms with E-state index in [4.69, 9.17) is 10.00 Å². The molecule has 0 aliphatic heterocycles. The zero-order valence-corrected chi connectivity index (χ0v) is 10.5. The van der Waals surface area contributed by atoms with Crippen LogP contribution in [0.3, 0.4) is 0 Å². The standard InChI is InChI=1S/C14H19NO/c1-5-12(9-15)13-7-11(4)14(16-6-2)8-10(13)3/h7-8,12H,5-6H2,1-4H3. The van der Waals surface area contributed by atoms with Crippen LogP contribution in [0.4, 0.5) is 0 Å². The van der Waals surface area contributed by atoms with Crippen LogP contribution in [0.1, 0.15) is 42.9 Å². The number of rotatable bonds is 4. The first-order valence-electron chi connectivity index (χ1n) is 5.77. The molecule has 16 heavy (non-hydrogen) atoms. The molecule has 0 radical (unpaired) electrons. The lowest BCUT2D eigenvalue weighted by atomic mass is 9.92. The van der Waals surface area contributed by atoms with E-state index >= 15 is 0 Å². The molecule has 2 nitrogen and oxygen atoms in total. The zero-order valence-electron chi connectivity index (χ0n) is 10.5. The lowest BCUT2D eigenvalue weighted by molar-refractivity contribution is 0.337. The molecule has 1 unspecified atom stereocenters. The van der Waals surface area contributed by atoms with Crippen molar-refractivity contribution in [1.82, 2.24) is 0 Å². The Hall–Kier alpha value is -1.49. The van der Waals surface area contributed by atoms with Gasteiger partial charge >= 0.3 is 0 Å². The largest absolute Gasteiger partial charge is 0.494 e. The minimum atomic E-state index is -0.00521. The Morgan fingerprint density at radius 2 is 1.94 bits per heavy atom. The summed E-state index contributed by atoms with van der Waals surface area (Å²) in [5, 5.41) is 9.09. The summed E-state index contributed by atoms with van der Waals surface area (Å²) in [6, 6.07) is 6.46. The Morgan fingerprint density at radius 1 is 1.25 bits per heavy atom. The third kappa shape index (κ3) is 2.55. The number of hydrogen-bond donors (Lipinski definition) is 0. The van der Waals surface area contributed by atoms with Crippen LogP contribution in [0.15, 0.2) is 12.1 Å². The molecular formula is C14H19NO. The summed E-state index contributed by atoms with van der Waals surface area (Å²) < 4.78 is 5.54. The molecule has 0 aromatic heterocycles. The third-order valence-electron chi connectivity index (χ3n) is 2.80. The Balaban J connectivity index is 3.15. The number of benzene rings is 1. The fourth-order valence-corrected chi connectivity index (χ4v) is 1.88. The maximum absolute atomic E-state index is 9.09. The summed E-state index contributed by atoms with van der Waals surface area (Å²) in [6.45, 7) is 8.76. The van der Waals surface area contributed by atoms with Crippen LogP contribution in [-0.2, 0) is 0 Å². The van der Waals surface area contributed by atoms with Crippen molar-refractivity contribution < 1.29 is 4.74 Å². The number of hydrogen-bond acceptors (Lipinski definition) is 2. The molecule has 0 spiro atoms. The van der Waals surface area contributed by atoms with E-state index in [0.29, 0.717) is 6.61 Å². The second-order valence-electron chi connectivity index (χ2n) is 4.00. The summed E-state index contributed by atoms with van der Waals surface area (Å²) in [6.07, 6.45) is 0.852. The van der Waals surface area contributed by atoms with Gasteiger partial charge in [-0.05, 0) is 49.9 Å². The molecule has 0 amide bonds. The van der Waals surface area contributed by atoms with Crippen LogP contribution >= 0.6 is 0 Å². The molecule has 1 rings (SSSR count). The van der Waals surface area contributed by atoms with E-state index in [2.05, 4.69) is 12.1 Å². The summed E-state index contributed by atoms with van der Waals surface area (Å²) >= 11 is 0. The summed E-state index contributed by atoms with van der Waals surface area (Å²) in [5.41, 5.74) is 3.38. The van der Waals surface area contributed by atoms with Gasteiger partial charge in [0.15, 0.2) is 0 Å². The van der Waals surface area contributed by atoms with Gasteiger partial charge in [-0.1, -0.05) is 13.0 Å². The third-order valence-corrected chi connectivity index (χ3v) is 2.80. The minimum absolute atomic E-state index is 0.00521. The fraction of sp³-hybridized carbons (Fsp3) is 0.500. The molecule has 1 aromatic carbocycles. The van der Waals surface area contributed by atoms with Gasteiger partial charge in [-0.25, -0.2) is 0 Å². The highest BCUT2D eigenvalue weighted by atomic mass is 16.5. The molecule has 0 bridgehead atoms. The topological polar surface area (TPSA) is 33.0 Å². The van der Waals surface area contributed by atoms with Crippen LogP contribution < -0.4 is 4.74 Å². The van der Waals surface area contributed by atoms with Crippen LogP contribution in [-0.4, -0.2) is 6.61 Å². The van der Waals surface area contributed by atoms with Crippen molar-refractivity contribution in [2.45, 2.75) is 40.0 Å². The SMILES string of the molecule is CCOc1cc(C)c(C(C#N)CC)cc1C. The van der Waals surface area contributed by atoms with Crippen molar-refractivity contribution in [3.05, 3.63) is 28.8 Å². The highest BCUT2D eigenvalue weighted by Gasteiger charge is 2.13. The highest BCUT2D eigenvalue weighted by molar-refractivity contribution is 5.44. The quantitative estimate of drug-likeness (QED) is 0.770. The van der Waals surface area contributed by atoms with E-state index in [0.717, 1.165) is 28.9 Å². The van der Waals surface area contributed by atoms with Crippen molar-refractivity contribution in [2.75, 3.05) is 6.61 Å².